The van der Waals surface area contributed by atoms with E-state index in [1.807, 2.05) is 0 Å². The summed E-state index contributed by atoms with van der Waals surface area (Å²) in [5.41, 5.74) is 1.82. The van der Waals surface area contributed by atoms with E-state index >= 15 is 0 Å². The fraction of sp³-hybridized carbons (Fsp3) is 0. The molecular formula is C14H10N2O3. The largest absolute Gasteiger partial charge is 0.508 e. The summed E-state index contributed by atoms with van der Waals surface area (Å²) in [6.07, 6.45) is 3.21. The molecular weight excluding hydrogens is 244 g/mol. The van der Waals surface area contributed by atoms with Crippen molar-refractivity contribution < 1.29 is 15.0 Å². The van der Waals surface area contributed by atoms with Gasteiger partial charge in [0.2, 0.25) is 0 Å². The number of carboxylic acids is 1. The molecule has 0 aliphatic rings. The Morgan fingerprint density at radius 3 is 2.53 bits per heavy atom. The zero-order chi connectivity index (χ0) is 13.4. The standard InChI is InChI=1S/C14H10N2O3/c17-12-5-2-9(3-6-12)13-15-7-11-4-1-10(14(18)19)8-16(11)13/h1-8,17H,(H,18,19). The van der Waals surface area contributed by atoms with Gasteiger partial charge in [-0.2, -0.15) is 0 Å². The van der Waals surface area contributed by atoms with Crippen LogP contribution >= 0.6 is 0 Å². The van der Waals surface area contributed by atoms with Crippen LogP contribution in [0.25, 0.3) is 16.9 Å². The molecule has 0 aliphatic heterocycles. The van der Waals surface area contributed by atoms with Crippen molar-refractivity contribution in [3.8, 4) is 17.1 Å². The second kappa shape index (κ2) is 4.13. The molecule has 5 nitrogen and oxygen atoms in total. The molecule has 2 aromatic heterocycles. The maximum absolute atomic E-state index is 11.0. The third-order valence-electron chi connectivity index (χ3n) is 2.90. The summed E-state index contributed by atoms with van der Waals surface area (Å²) in [6, 6.07) is 9.85. The predicted molar refractivity (Wildman–Crippen MR) is 69.3 cm³/mol. The first-order valence-corrected chi connectivity index (χ1v) is 5.65. The molecule has 3 aromatic rings. The number of phenolic OH excluding ortho intramolecular Hbond substituents is 1. The summed E-state index contributed by atoms with van der Waals surface area (Å²) in [7, 11) is 0. The van der Waals surface area contributed by atoms with Crippen LogP contribution < -0.4 is 0 Å². The van der Waals surface area contributed by atoms with Gasteiger partial charge < -0.3 is 10.2 Å². The molecule has 1 aromatic carbocycles. The maximum Gasteiger partial charge on any atom is 0.337 e. The molecule has 0 unspecified atom stereocenters. The van der Waals surface area contributed by atoms with Gasteiger partial charge in [-0.3, -0.25) is 4.40 Å². The Morgan fingerprint density at radius 2 is 1.84 bits per heavy atom. The minimum atomic E-state index is -0.979. The quantitative estimate of drug-likeness (QED) is 0.736. The minimum absolute atomic E-state index is 0.177. The van der Waals surface area contributed by atoms with Crippen LogP contribution in [0, 0.1) is 0 Å². The number of aromatic hydroxyl groups is 1. The third kappa shape index (κ3) is 1.91. The Balaban J connectivity index is 2.21. The summed E-state index contributed by atoms with van der Waals surface area (Å²) >= 11 is 0. The number of carbonyl (C=O) groups is 1. The van der Waals surface area contributed by atoms with E-state index in [0.717, 1.165) is 11.1 Å². The van der Waals surface area contributed by atoms with Crippen molar-refractivity contribution in [2.24, 2.45) is 0 Å². The lowest BCUT2D eigenvalue weighted by Crippen LogP contribution is -1.99. The lowest BCUT2D eigenvalue weighted by atomic mass is 10.2. The van der Waals surface area contributed by atoms with Gasteiger partial charge in [0.1, 0.15) is 11.6 Å². The van der Waals surface area contributed by atoms with Gasteiger partial charge in [0.25, 0.3) is 0 Å². The number of carboxylic acid groups (broad SMARTS) is 1. The van der Waals surface area contributed by atoms with Crippen molar-refractivity contribution in [1.29, 1.82) is 0 Å². The molecule has 0 bridgehead atoms. The summed E-state index contributed by atoms with van der Waals surface area (Å²) in [5.74, 6) is -0.166. The zero-order valence-corrected chi connectivity index (χ0v) is 9.82. The first-order valence-electron chi connectivity index (χ1n) is 5.65. The highest BCUT2D eigenvalue weighted by molar-refractivity contribution is 5.88. The summed E-state index contributed by atoms with van der Waals surface area (Å²) < 4.78 is 1.72. The van der Waals surface area contributed by atoms with Crippen molar-refractivity contribution >= 4 is 11.5 Å². The lowest BCUT2D eigenvalue weighted by molar-refractivity contribution is 0.0696. The fourth-order valence-electron chi connectivity index (χ4n) is 1.94. The van der Waals surface area contributed by atoms with Crippen LogP contribution in [0.5, 0.6) is 5.75 Å². The molecule has 0 fully saturated rings. The monoisotopic (exact) mass is 254 g/mol. The topological polar surface area (TPSA) is 74.8 Å². The number of benzene rings is 1. The van der Waals surface area contributed by atoms with Gasteiger partial charge in [0.15, 0.2) is 0 Å². The van der Waals surface area contributed by atoms with Crippen LogP contribution in [-0.2, 0) is 0 Å². The molecule has 2 N–H and O–H groups in total. The van der Waals surface area contributed by atoms with E-state index in [2.05, 4.69) is 4.98 Å². The van der Waals surface area contributed by atoms with Gasteiger partial charge in [-0.05, 0) is 36.4 Å². The highest BCUT2D eigenvalue weighted by Gasteiger charge is 2.09. The number of rotatable bonds is 2. The van der Waals surface area contributed by atoms with E-state index in [1.54, 1.807) is 47.0 Å². The molecule has 3 rings (SSSR count). The number of fused-ring (bicyclic) bond motifs is 1. The first kappa shape index (κ1) is 11.3. The van der Waals surface area contributed by atoms with E-state index in [9.17, 15) is 9.90 Å². The van der Waals surface area contributed by atoms with Crippen molar-refractivity contribution in [2.45, 2.75) is 0 Å². The lowest BCUT2D eigenvalue weighted by Gasteiger charge is -2.03. The first-order chi connectivity index (χ1) is 9.15. The van der Waals surface area contributed by atoms with E-state index in [0.29, 0.717) is 5.82 Å². The summed E-state index contributed by atoms with van der Waals surface area (Å²) in [4.78, 5) is 15.3. The average Bonchev–Trinajstić information content (AvgIpc) is 2.82. The van der Waals surface area contributed by atoms with Gasteiger partial charge in [0.05, 0.1) is 17.3 Å². The number of aromatic nitrogens is 2. The number of phenols is 1. The van der Waals surface area contributed by atoms with Crippen LogP contribution in [-0.4, -0.2) is 25.6 Å². The van der Waals surface area contributed by atoms with Gasteiger partial charge >= 0.3 is 5.97 Å². The second-order valence-corrected chi connectivity index (χ2v) is 4.15. The Bertz CT molecular complexity index is 760. The molecule has 0 atom stereocenters. The summed E-state index contributed by atoms with van der Waals surface area (Å²) in [6.45, 7) is 0. The van der Waals surface area contributed by atoms with E-state index in [4.69, 9.17) is 5.11 Å². The molecule has 2 heterocycles. The van der Waals surface area contributed by atoms with Crippen LogP contribution in [0.15, 0.2) is 48.8 Å². The van der Waals surface area contributed by atoms with Crippen molar-refractivity contribution in [3.63, 3.8) is 0 Å². The van der Waals surface area contributed by atoms with E-state index < -0.39 is 5.97 Å². The maximum atomic E-state index is 11.0. The molecule has 0 saturated heterocycles. The molecule has 0 amide bonds. The number of pyridine rings is 1. The van der Waals surface area contributed by atoms with Gasteiger partial charge in [-0.25, -0.2) is 9.78 Å². The number of imidazole rings is 1. The molecule has 0 saturated carbocycles. The van der Waals surface area contributed by atoms with Crippen LogP contribution in [0.3, 0.4) is 0 Å². The van der Waals surface area contributed by atoms with Crippen molar-refractivity contribution in [1.82, 2.24) is 9.38 Å². The molecule has 5 heteroatoms. The van der Waals surface area contributed by atoms with Crippen LogP contribution in [0.2, 0.25) is 0 Å². The normalized spacial score (nSPS) is 10.7. The highest BCUT2D eigenvalue weighted by atomic mass is 16.4. The molecule has 0 spiro atoms. The minimum Gasteiger partial charge on any atom is -0.508 e. The predicted octanol–water partition coefficient (Wildman–Crippen LogP) is 2.41. The van der Waals surface area contributed by atoms with Crippen molar-refractivity contribution in [2.75, 3.05) is 0 Å². The highest BCUT2D eigenvalue weighted by Crippen LogP contribution is 2.22. The third-order valence-corrected chi connectivity index (χ3v) is 2.90. The van der Waals surface area contributed by atoms with E-state index in [1.165, 1.54) is 6.20 Å². The zero-order valence-electron chi connectivity index (χ0n) is 9.82. The van der Waals surface area contributed by atoms with Crippen LogP contribution in [0.4, 0.5) is 0 Å². The summed E-state index contributed by atoms with van der Waals surface area (Å²) in [5, 5.41) is 18.3. The average molecular weight is 254 g/mol. The molecule has 94 valence electrons. The van der Waals surface area contributed by atoms with Gasteiger partial charge in [0, 0.05) is 11.8 Å². The number of hydrogen-bond donors (Lipinski definition) is 2. The smallest absolute Gasteiger partial charge is 0.337 e. The van der Waals surface area contributed by atoms with Gasteiger partial charge in [-0.1, -0.05) is 0 Å². The Hall–Kier alpha value is -2.82. The Kier molecular flexibility index (Phi) is 2.45. The molecule has 0 aliphatic carbocycles. The van der Waals surface area contributed by atoms with Gasteiger partial charge in [-0.15, -0.1) is 0 Å². The van der Waals surface area contributed by atoms with E-state index in [-0.39, 0.29) is 11.3 Å². The number of hydrogen-bond acceptors (Lipinski definition) is 3. The molecule has 19 heavy (non-hydrogen) atoms. The second-order valence-electron chi connectivity index (χ2n) is 4.15. The number of nitrogens with zero attached hydrogens (tertiary/aromatic N) is 2. The number of aromatic carboxylic acids is 1. The Labute approximate surface area is 108 Å². The molecule has 0 radical (unpaired) electrons. The fourth-order valence-corrected chi connectivity index (χ4v) is 1.94. The SMILES string of the molecule is O=C(O)c1ccc2cnc(-c3ccc(O)cc3)n2c1. The van der Waals surface area contributed by atoms with Crippen molar-refractivity contribution in [3.05, 3.63) is 54.4 Å². The Morgan fingerprint density at radius 1 is 1.11 bits per heavy atom. The van der Waals surface area contributed by atoms with Crippen LogP contribution in [0.1, 0.15) is 10.4 Å².